The predicted octanol–water partition coefficient (Wildman–Crippen LogP) is 9.84. The quantitative estimate of drug-likeness (QED) is 0.0198. The van der Waals surface area contributed by atoms with E-state index in [0.29, 0.717) is 12.8 Å². The number of hydrogen-bond acceptors (Lipinski definition) is 11. The van der Waals surface area contributed by atoms with Crippen molar-refractivity contribution >= 4 is 22.1 Å². The molecule has 0 aromatic heterocycles. The fourth-order valence-corrected chi connectivity index (χ4v) is 8.07. The Morgan fingerprint density at radius 3 is 1.42 bits per heavy atom. The van der Waals surface area contributed by atoms with Gasteiger partial charge in [0.1, 0.15) is 36.8 Å². The summed E-state index contributed by atoms with van der Waals surface area (Å²) in [5, 5.41) is 30.9. The molecule has 6 atom stereocenters. The summed E-state index contributed by atoms with van der Waals surface area (Å²) in [5.41, 5.74) is 0. The molecule has 0 aromatic carbocycles. The zero-order valence-electron chi connectivity index (χ0n) is 37.1. The van der Waals surface area contributed by atoms with Crippen LogP contribution in [0.15, 0.2) is 12.2 Å². The number of carbonyl (C=O) groups is 2. The van der Waals surface area contributed by atoms with Crippen LogP contribution in [0.25, 0.3) is 0 Å². The molecule has 4 N–H and O–H groups in total. The molecule has 348 valence electrons. The van der Waals surface area contributed by atoms with E-state index in [1.54, 1.807) is 0 Å². The standard InChI is InChI=1S/C46H86O12S/c1-3-5-7-9-11-13-15-17-19-21-22-24-26-28-30-32-34-41(47)55-36-39(37-56-46-45(51)44(50)43(49)40(58-46)38-59(52,53)54)57-42(48)35-33-31-29-27-25-23-20-18-16-14-12-10-8-6-4-2/h14,16,39-40,43-46,49-51H,3-13,15,17-38H2,1-2H3,(H,52,53,54)/b16-14+/t39-,40-,43-,44?,45?,46+/m1/s1. The highest BCUT2D eigenvalue weighted by Crippen LogP contribution is 2.24. The second-order valence-electron chi connectivity index (χ2n) is 16.8. The lowest BCUT2D eigenvalue weighted by Crippen LogP contribution is -2.60. The Hall–Kier alpha value is -1.61. The molecule has 13 heteroatoms. The summed E-state index contributed by atoms with van der Waals surface area (Å²) in [7, 11) is -4.60. The summed E-state index contributed by atoms with van der Waals surface area (Å²) >= 11 is 0. The van der Waals surface area contributed by atoms with Crippen LogP contribution in [0.4, 0.5) is 0 Å². The van der Waals surface area contributed by atoms with E-state index >= 15 is 0 Å². The van der Waals surface area contributed by atoms with Crippen molar-refractivity contribution < 1.29 is 56.8 Å². The molecule has 0 bridgehead atoms. The molecule has 0 aromatic rings. The first-order chi connectivity index (χ1) is 28.5. The van der Waals surface area contributed by atoms with Crippen LogP contribution in [0.2, 0.25) is 0 Å². The second kappa shape index (κ2) is 37.0. The van der Waals surface area contributed by atoms with Crippen LogP contribution in [0.3, 0.4) is 0 Å². The monoisotopic (exact) mass is 863 g/mol. The fourth-order valence-electron chi connectivity index (χ4n) is 7.38. The average Bonchev–Trinajstić information content (AvgIpc) is 3.20. The second-order valence-corrected chi connectivity index (χ2v) is 18.3. The molecule has 1 saturated heterocycles. The molecular weight excluding hydrogens is 777 g/mol. The Morgan fingerprint density at radius 1 is 0.559 bits per heavy atom. The Labute approximate surface area is 358 Å². The van der Waals surface area contributed by atoms with Gasteiger partial charge in [-0.25, -0.2) is 0 Å². The van der Waals surface area contributed by atoms with Gasteiger partial charge in [-0.05, 0) is 38.5 Å². The van der Waals surface area contributed by atoms with Crippen molar-refractivity contribution in [3.63, 3.8) is 0 Å². The van der Waals surface area contributed by atoms with Crippen molar-refractivity contribution in [2.75, 3.05) is 19.0 Å². The van der Waals surface area contributed by atoms with Crippen LogP contribution < -0.4 is 0 Å². The summed E-state index contributed by atoms with van der Waals surface area (Å²) in [4.78, 5) is 25.4. The highest BCUT2D eigenvalue weighted by molar-refractivity contribution is 7.85. The van der Waals surface area contributed by atoms with Crippen molar-refractivity contribution in [2.24, 2.45) is 0 Å². The molecule has 0 amide bonds. The first-order valence-corrected chi connectivity index (χ1v) is 25.4. The zero-order chi connectivity index (χ0) is 43.4. The number of carbonyl (C=O) groups excluding carboxylic acids is 2. The summed E-state index contributed by atoms with van der Waals surface area (Å²) < 4.78 is 54.1. The number of aliphatic hydroxyl groups excluding tert-OH is 3. The van der Waals surface area contributed by atoms with Gasteiger partial charge in [0, 0.05) is 12.8 Å². The topological polar surface area (TPSA) is 186 Å². The van der Waals surface area contributed by atoms with Gasteiger partial charge in [-0.3, -0.25) is 14.1 Å². The van der Waals surface area contributed by atoms with Crippen LogP contribution >= 0.6 is 0 Å². The SMILES string of the molecule is CCCCCC/C=C/CCCCCCCCCC(=O)O[C@H](COC(=O)CCCCCCCCCCCCCCCCCC)CO[C@H]1O[C@H](CS(=O)(=O)O)[C@@H](O)C(O)C1O. The Balaban J connectivity index is 2.41. The highest BCUT2D eigenvalue weighted by atomic mass is 32.2. The van der Waals surface area contributed by atoms with Gasteiger partial charge >= 0.3 is 11.9 Å². The van der Waals surface area contributed by atoms with Crippen LogP contribution in [0, 0.1) is 0 Å². The first-order valence-electron chi connectivity index (χ1n) is 23.7. The molecule has 1 rings (SSSR count). The van der Waals surface area contributed by atoms with E-state index in [4.69, 9.17) is 18.9 Å². The average molecular weight is 863 g/mol. The molecular formula is C46H86O12S. The number of ether oxygens (including phenoxy) is 4. The maximum atomic E-state index is 12.8. The van der Waals surface area contributed by atoms with E-state index < -0.39 is 71.2 Å². The van der Waals surface area contributed by atoms with Gasteiger partial charge in [-0.15, -0.1) is 0 Å². The molecule has 0 aliphatic carbocycles. The van der Waals surface area contributed by atoms with Gasteiger partial charge in [0.2, 0.25) is 0 Å². The molecule has 0 spiro atoms. The van der Waals surface area contributed by atoms with E-state index in [-0.39, 0.29) is 19.4 Å². The van der Waals surface area contributed by atoms with Crippen LogP contribution in [-0.4, -0.2) is 96.0 Å². The summed E-state index contributed by atoms with van der Waals surface area (Å²) in [5.74, 6) is -1.97. The summed E-state index contributed by atoms with van der Waals surface area (Å²) in [6.07, 6.45) is 29.6. The molecule has 1 aliphatic heterocycles. The molecule has 1 heterocycles. The van der Waals surface area contributed by atoms with Crippen molar-refractivity contribution in [3.8, 4) is 0 Å². The normalized spacial score (nSPS) is 20.3. The van der Waals surface area contributed by atoms with Crippen molar-refractivity contribution in [1.82, 2.24) is 0 Å². The van der Waals surface area contributed by atoms with Crippen molar-refractivity contribution in [3.05, 3.63) is 12.2 Å². The Kier molecular flexibility index (Phi) is 34.7. The van der Waals surface area contributed by atoms with E-state index in [1.165, 1.54) is 122 Å². The molecule has 1 fully saturated rings. The van der Waals surface area contributed by atoms with Gasteiger partial charge in [0.25, 0.3) is 10.1 Å². The minimum Gasteiger partial charge on any atom is -0.462 e. The van der Waals surface area contributed by atoms with Gasteiger partial charge in [0.15, 0.2) is 12.4 Å². The van der Waals surface area contributed by atoms with Crippen LogP contribution in [0.1, 0.15) is 213 Å². The van der Waals surface area contributed by atoms with Crippen LogP contribution in [0.5, 0.6) is 0 Å². The molecule has 1 aliphatic rings. The van der Waals surface area contributed by atoms with Crippen LogP contribution in [-0.2, 0) is 38.7 Å². The van der Waals surface area contributed by atoms with E-state index in [9.17, 15) is 37.9 Å². The predicted molar refractivity (Wildman–Crippen MR) is 234 cm³/mol. The zero-order valence-corrected chi connectivity index (χ0v) is 37.9. The van der Waals surface area contributed by atoms with E-state index in [1.807, 2.05) is 0 Å². The molecule has 0 radical (unpaired) electrons. The molecule has 59 heavy (non-hydrogen) atoms. The minimum absolute atomic E-state index is 0.163. The van der Waals surface area contributed by atoms with Gasteiger partial charge in [-0.1, -0.05) is 174 Å². The maximum absolute atomic E-state index is 12.8. The summed E-state index contributed by atoms with van der Waals surface area (Å²) in [6, 6.07) is 0. The van der Waals surface area contributed by atoms with Gasteiger partial charge in [-0.2, -0.15) is 8.42 Å². The Morgan fingerprint density at radius 2 is 0.966 bits per heavy atom. The third kappa shape index (κ3) is 31.8. The Bertz CT molecular complexity index is 1150. The molecule has 12 nitrogen and oxygen atoms in total. The molecule has 0 saturated carbocycles. The summed E-state index contributed by atoms with van der Waals surface area (Å²) in [6.45, 7) is 3.77. The number of rotatable bonds is 40. The van der Waals surface area contributed by atoms with Gasteiger partial charge < -0.3 is 34.3 Å². The lowest BCUT2D eigenvalue weighted by molar-refractivity contribution is -0.297. The fraction of sp³-hybridized carbons (Fsp3) is 0.913. The lowest BCUT2D eigenvalue weighted by atomic mass is 10.00. The third-order valence-electron chi connectivity index (χ3n) is 11.1. The van der Waals surface area contributed by atoms with E-state index in [2.05, 4.69) is 26.0 Å². The smallest absolute Gasteiger partial charge is 0.306 e. The van der Waals surface area contributed by atoms with E-state index in [0.717, 1.165) is 51.4 Å². The van der Waals surface area contributed by atoms with Crippen molar-refractivity contribution in [1.29, 1.82) is 0 Å². The van der Waals surface area contributed by atoms with Crippen molar-refractivity contribution in [2.45, 2.75) is 250 Å². The minimum atomic E-state index is -4.60. The largest absolute Gasteiger partial charge is 0.462 e. The van der Waals surface area contributed by atoms with Gasteiger partial charge in [0.05, 0.1) is 6.61 Å². The number of unbranched alkanes of at least 4 members (excludes halogenated alkanes) is 26. The molecule has 2 unspecified atom stereocenters. The number of aliphatic hydroxyl groups is 3. The third-order valence-corrected chi connectivity index (χ3v) is 11.8. The first kappa shape index (κ1) is 55.4. The number of hydrogen-bond donors (Lipinski definition) is 4. The number of esters is 2. The lowest BCUT2D eigenvalue weighted by Gasteiger charge is -2.40. The number of allylic oxidation sites excluding steroid dienone is 2. The highest BCUT2D eigenvalue weighted by Gasteiger charge is 2.46. The maximum Gasteiger partial charge on any atom is 0.306 e.